The van der Waals surface area contributed by atoms with E-state index in [2.05, 4.69) is 15.0 Å². The third kappa shape index (κ3) is 1.60. The first-order chi connectivity index (χ1) is 6.77. The molecule has 0 aromatic carbocycles. The van der Waals surface area contributed by atoms with Gasteiger partial charge in [-0.2, -0.15) is 0 Å². The molecule has 6 heteroatoms. The molecule has 2 aromatic heterocycles. The Labute approximate surface area is 83.1 Å². The number of rotatable bonds is 2. The van der Waals surface area contributed by atoms with E-state index in [0.29, 0.717) is 10.7 Å². The Kier molecular flexibility index (Phi) is 2.19. The smallest absolute Gasteiger partial charge is 0.355 e. The van der Waals surface area contributed by atoms with Crippen LogP contribution in [-0.2, 0) is 0 Å². The Morgan fingerprint density at radius 3 is 2.86 bits per heavy atom. The summed E-state index contributed by atoms with van der Waals surface area (Å²) in [4.78, 5) is 22.3. The molecule has 0 aliphatic carbocycles. The second kappa shape index (κ2) is 3.51. The Hall–Kier alpha value is -1.82. The van der Waals surface area contributed by atoms with Crippen molar-refractivity contribution in [3.05, 3.63) is 29.7 Å². The van der Waals surface area contributed by atoms with Gasteiger partial charge in [0.25, 0.3) is 0 Å². The van der Waals surface area contributed by atoms with E-state index in [1.807, 2.05) is 0 Å². The number of aromatic carboxylic acids is 1. The van der Waals surface area contributed by atoms with Gasteiger partial charge in [-0.15, -0.1) is 11.3 Å². The molecule has 0 spiro atoms. The molecule has 0 saturated carbocycles. The van der Waals surface area contributed by atoms with Gasteiger partial charge in [-0.25, -0.2) is 9.78 Å². The highest BCUT2D eigenvalue weighted by molar-refractivity contribution is 7.13. The zero-order valence-corrected chi connectivity index (χ0v) is 7.73. The molecule has 0 bridgehead atoms. The van der Waals surface area contributed by atoms with Gasteiger partial charge in [-0.1, -0.05) is 0 Å². The fraction of sp³-hybridized carbons (Fsp3) is 0. The third-order valence-electron chi connectivity index (χ3n) is 1.51. The number of carbonyl (C=O) groups is 1. The minimum atomic E-state index is -1.03. The molecule has 0 amide bonds. The van der Waals surface area contributed by atoms with Crippen molar-refractivity contribution in [3.8, 4) is 10.7 Å². The first-order valence-corrected chi connectivity index (χ1v) is 4.60. The molecule has 0 atom stereocenters. The topological polar surface area (TPSA) is 76.0 Å². The molecule has 0 unspecified atom stereocenters. The van der Waals surface area contributed by atoms with Crippen LogP contribution in [0.5, 0.6) is 0 Å². The van der Waals surface area contributed by atoms with Crippen LogP contribution in [-0.4, -0.2) is 26.0 Å². The van der Waals surface area contributed by atoms with Crippen LogP contribution >= 0.6 is 11.3 Å². The average molecular weight is 207 g/mol. The summed E-state index contributed by atoms with van der Waals surface area (Å²) >= 11 is 1.24. The molecule has 0 saturated heterocycles. The maximum absolute atomic E-state index is 10.6. The Morgan fingerprint density at radius 2 is 2.29 bits per heavy atom. The van der Waals surface area contributed by atoms with E-state index in [-0.39, 0.29) is 5.69 Å². The maximum atomic E-state index is 10.6. The second-order valence-electron chi connectivity index (χ2n) is 2.43. The first kappa shape index (κ1) is 8.76. The van der Waals surface area contributed by atoms with Crippen LogP contribution in [0.1, 0.15) is 10.5 Å². The highest BCUT2D eigenvalue weighted by Crippen LogP contribution is 2.20. The minimum Gasteiger partial charge on any atom is -0.476 e. The molecule has 0 radical (unpaired) electrons. The van der Waals surface area contributed by atoms with Crippen molar-refractivity contribution >= 4 is 17.3 Å². The van der Waals surface area contributed by atoms with E-state index in [1.165, 1.54) is 22.9 Å². The van der Waals surface area contributed by atoms with Crippen LogP contribution in [0.4, 0.5) is 0 Å². The molecule has 2 aromatic rings. The monoisotopic (exact) mass is 207 g/mol. The largest absolute Gasteiger partial charge is 0.476 e. The van der Waals surface area contributed by atoms with Crippen LogP contribution in [0.15, 0.2) is 24.0 Å². The number of nitrogens with zero attached hydrogens (tertiary/aromatic N) is 3. The van der Waals surface area contributed by atoms with E-state index < -0.39 is 5.97 Å². The van der Waals surface area contributed by atoms with Crippen molar-refractivity contribution < 1.29 is 9.90 Å². The lowest BCUT2D eigenvalue weighted by molar-refractivity contribution is 0.0691. The molecule has 2 rings (SSSR count). The lowest BCUT2D eigenvalue weighted by atomic mass is 10.4. The molecule has 2 heterocycles. The predicted octanol–water partition coefficient (Wildman–Crippen LogP) is 1.30. The van der Waals surface area contributed by atoms with Gasteiger partial charge in [-0.3, -0.25) is 9.97 Å². The summed E-state index contributed by atoms with van der Waals surface area (Å²) in [6.45, 7) is 0. The van der Waals surface area contributed by atoms with Gasteiger partial charge in [0.05, 0.1) is 6.20 Å². The van der Waals surface area contributed by atoms with Crippen LogP contribution in [0, 0.1) is 0 Å². The summed E-state index contributed by atoms with van der Waals surface area (Å²) in [5.74, 6) is -1.03. The van der Waals surface area contributed by atoms with E-state index in [1.54, 1.807) is 12.4 Å². The van der Waals surface area contributed by atoms with Gasteiger partial charge in [-0.05, 0) is 0 Å². The number of hydrogen-bond donors (Lipinski definition) is 1. The van der Waals surface area contributed by atoms with Crippen LogP contribution in [0.2, 0.25) is 0 Å². The molecular weight excluding hydrogens is 202 g/mol. The fourth-order valence-corrected chi connectivity index (χ4v) is 1.65. The quantitative estimate of drug-likeness (QED) is 0.803. The standard InChI is InChI=1S/C8H5N3O2S/c12-8(13)6-4-14-7(11-6)5-3-9-1-2-10-5/h1-4H,(H,12,13). The van der Waals surface area contributed by atoms with Gasteiger partial charge >= 0.3 is 5.97 Å². The lowest BCUT2D eigenvalue weighted by Gasteiger charge is -1.90. The molecule has 0 aliphatic heterocycles. The molecule has 0 aliphatic rings. The van der Waals surface area contributed by atoms with E-state index in [9.17, 15) is 4.79 Å². The predicted molar refractivity (Wildman–Crippen MR) is 50.1 cm³/mol. The highest BCUT2D eigenvalue weighted by Gasteiger charge is 2.10. The summed E-state index contributed by atoms with van der Waals surface area (Å²) in [6, 6.07) is 0. The van der Waals surface area contributed by atoms with Crippen molar-refractivity contribution in [1.82, 2.24) is 15.0 Å². The first-order valence-electron chi connectivity index (χ1n) is 3.72. The van der Waals surface area contributed by atoms with Crippen LogP contribution in [0.25, 0.3) is 10.7 Å². The molecule has 70 valence electrons. The van der Waals surface area contributed by atoms with Crippen LogP contribution in [0.3, 0.4) is 0 Å². The lowest BCUT2D eigenvalue weighted by Crippen LogP contribution is -1.95. The van der Waals surface area contributed by atoms with Crippen molar-refractivity contribution in [2.75, 3.05) is 0 Å². The van der Waals surface area contributed by atoms with Crippen molar-refractivity contribution in [3.63, 3.8) is 0 Å². The average Bonchev–Trinajstić information content (AvgIpc) is 2.68. The van der Waals surface area contributed by atoms with Gasteiger partial charge in [0.1, 0.15) is 10.7 Å². The van der Waals surface area contributed by atoms with Crippen molar-refractivity contribution in [1.29, 1.82) is 0 Å². The molecule has 14 heavy (non-hydrogen) atoms. The van der Waals surface area contributed by atoms with Crippen molar-refractivity contribution in [2.24, 2.45) is 0 Å². The highest BCUT2D eigenvalue weighted by atomic mass is 32.1. The number of carboxylic acids is 1. The van der Waals surface area contributed by atoms with E-state index in [0.717, 1.165) is 0 Å². The number of thiazole rings is 1. The molecule has 5 nitrogen and oxygen atoms in total. The Balaban J connectivity index is 2.39. The van der Waals surface area contributed by atoms with Crippen LogP contribution < -0.4 is 0 Å². The van der Waals surface area contributed by atoms with E-state index >= 15 is 0 Å². The number of hydrogen-bond acceptors (Lipinski definition) is 5. The summed E-state index contributed by atoms with van der Waals surface area (Å²) in [6.07, 6.45) is 4.64. The van der Waals surface area contributed by atoms with E-state index in [4.69, 9.17) is 5.11 Å². The fourth-order valence-electron chi connectivity index (χ4n) is 0.899. The maximum Gasteiger partial charge on any atom is 0.355 e. The number of carboxylic acid groups (broad SMARTS) is 1. The summed E-state index contributed by atoms with van der Waals surface area (Å²) in [7, 11) is 0. The minimum absolute atomic E-state index is 0.0376. The second-order valence-corrected chi connectivity index (χ2v) is 3.29. The third-order valence-corrected chi connectivity index (χ3v) is 2.37. The zero-order valence-electron chi connectivity index (χ0n) is 6.91. The molecule has 0 fully saturated rings. The summed E-state index contributed by atoms with van der Waals surface area (Å²) in [5, 5.41) is 10.7. The van der Waals surface area contributed by atoms with Crippen molar-refractivity contribution in [2.45, 2.75) is 0 Å². The van der Waals surface area contributed by atoms with Gasteiger partial charge in [0, 0.05) is 17.8 Å². The normalized spacial score (nSPS) is 10.0. The SMILES string of the molecule is O=C(O)c1csc(-c2cnccn2)n1. The molecular formula is C8H5N3O2S. The summed E-state index contributed by atoms with van der Waals surface area (Å²) in [5.41, 5.74) is 0.626. The van der Waals surface area contributed by atoms with Gasteiger partial charge in [0.15, 0.2) is 5.69 Å². The Morgan fingerprint density at radius 1 is 1.43 bits per heavy atom. The zero-order chi connectivity index (χ0) is 9.97. The Bertz CT molecular complexity index is 455. The van der Waals surface area contributed by atoms with Gasteiger partial charge < -0.3 is 5.11 Å². The van der Waals surface area contributed by atoms with Gasteiger partial charge in [0.2, 0.25) is 0 Å². The number of aromatic nitrogens is 3. The molecule has 1 N–H and O–H groups in total. The summed E-state index contributed by atoms with van der Waals surface area (Å²) < 4.78 is 0.